The monoisotopic (exact) mass is 327 g/mol. The molecule has 4 nitrogen and oxygen atoms in total. The minimum Gasteiger partial charge on any atom is -0.497 e. The van der Waals surface area contributed by atoms with Gasteiger partial charge in [-0.2, -0.15) is 0 Å². The Morgan fingerprint density at radius 2 is 1.67 bits per heavy atom. The summed E-state index contributed by atoms with van der Waals surface area (Å²) in [6.45, 7) is 5.06. The zero-order chi connectivity index (χ0) is 17.4. The van der Waals surface area contributed by atoms with E-state index in [-0.39, 0.29) is 5.91 Å². The summed E-state index contributed by atoms with van der Waals surface area (Å²) in [5, 5.41) is 2.89. The minimum absolute atomic E-state index is 0.0369. The summed E-state index contributed by atoms with van der Waals surface area (Å²) in [5.74, 6) is 1.71. The maximum Gasteiger partial charge on any atom is 0.220 e. The highest BCUT2D eigenvalue weighted by molar-refractivity contribution is 5.76. The van der Waals surface area contributed by atoms with E-state index in [9.17, 15) is 4.79 Å². The van der Waals surface area contributed by atoms with Crippen molar-refractivity contribution in [3.05, 3.63) is 59.2 Å². The molecular formula is C20H25NO3. The summed E-state index contributed by atoms with van der Waals surface area (Å²) in [5.41, 5.74) is 3.47. The largest absolute Gasteiger partial charge is 0.497 e. The van der Waals surface area contributed by atoms with Gasteiger partial charge in [-0.1, -0.05) is 18.2 Å². The molecule has 0 saturated carbocycles. The Balaban J connectivity index is 1.65. The van der Waals surface area contributed by atoms with E-state index in [0.717, 1.165) is 17.1 Å². The molecule has 24 heavy (non-hydrogen) atoms. The van der Waals surface area contributed by atoms with Gasteiger partial charge < -0.3 is 14.8 Å². The van der Waals surface area contributed by atoms with E-state index < -0.39 is 0 Å². The maximum absolute atomic E-state index is 11.9. The van der Waals surface area contributed by atoms with Crippen molar-refractivity contribution >= 4 is 5.91 Å². The fourth-order valence-electron chi connectivity index (χ4n) is 2.51. The molecule has 0 saturated heterocycles. The number of amides is 1. The Labute approximate surface area is 143 Å². The zero-order valence-electron chi connectivity index (χ0n) is 14.6. The number of carbonyl (C=O) groups excluding carboxylic acids is 1. The lowest BCUT2D eigenvalue weighted by molar-refractivity contribution is -0.121. The number of carbonyl (C=O) groups is 1. The maximum atomic E-state index is 11.9. The van der Waals surface area contributed by atoms with Crippen molar-refractivity contribution in [2.45, 2.75) is 26.7 Å². The number of ether oxygens (including phenoxy) is 2. The van der Waals surface area contributed by atoms with Gasteiger partial charge >= 0.3 is 0 Å². The van der Waals surface area contributed by atoms with Crippen LogP contribution in [0.25, 0.3) is 0 Å². The van der Waals surface area contributed by atoms with Crippen LogP contribution in [0, 0.1) is 13.8 Å². The summed E-state index contributed by atoms with van der Waals surface area (Å²) in [6, 6.07) is 13.9. The predicted octanol–water partition coefficient (Wildman–Crippen LogP) is 3.44. The van der Waals surface area contributed by atoms with E-state index >= 15 is 0 Å². The highest BCUT2D eigenvalue weighted by Crippen LogP contribution is 2.16. The lowest BCUT2D eigenvalue weighted by Gasteiger charge is -2.09. The fraction of sp³-hybridized carbons (Fsp3) is 0.350. The average Bonchev–Trinajstić information content (AvgIpc) is 2.56. The summed E-state index contributed by atoms with van der Waals surface area (Å²) in [4.78, 5) is 11.9. The number of benzene rings is 2. The van der Waals surface area contributed by atoms with Crippen LogP contribution in [-0.2, 0) is 11.2 Å². The van der Waals surface area contributed by atoms with Crippen LogP contribution in [-0.4, -0.2) is 26.2 Å². The van der Waals surface area contributed by atoms with Gasteiger partial charge in [0.15, 0.2) is 0 Å². The van der Waals surface area contributed by atoms with Gasteiger partial charge in [-0.25, -0.2) is 0 Å². The van der Waals surface area contributed by atoms with E-state index in [2.05, 4.69) is 11.4 Å². The molecule has 0 aliphatic carbocycles. The van der Waals surface area contributed by atoms with Gasteiger partial charge in [0.1, 0.15) is 18.1 Å². The van der Waals surface area contributed by atoms with Crippen LogP contribution in [0.5, 0.6) is 11.5 Å². The third-order valence-corrected chi connectivity index (χ3v) is 3.69. The first kappa shape index (κ1) is 17.9. The molecule has 0 aliphatic rings. The van der Waals surface area contributed by atoms with Crippen LogP contribution in [0.2, 0.25) is 0 Å². The van der Waals surface area contributed by atoms with Crippen LogP contribution < -0.4 is 14.8 Å². The summed E-state index contributed by atoms with van der Waals surface area (Å²) >= 11 is 0. The topological polar surface area (TPSA) is 47.6 Å². The number of hydrogen-bond acceptors (Lipinski definition) is 3. The van der Waals surface area contributed by atoms with Gasteiger partial charge in [0.2, 0.25) is 5.91 Å². The molecule has 0 radical (unpaired) electrons. The van der Waals surface area contributed by atoms with E-state index in [0.29, 0.717) is 26.0 Å². The number of rotatable bonds is 8. The van der Waals surface area contributed by atoms with Crippen LogP contribution in [0.3, 0.4) is 0 Å². The normalized spacial score (nSPS) is 10.3. The van der Waals surface area contributed by atoms with Gasteiger partial charge in [0.25, 0.3) is 0 Å². The van der Waals surface area contributed by atoms with Gasteiger partial charge in [-0.15, -0.1) is 0 Å². The van der Waals surface area contributed by atoms with Crippen molar-refractivity contribution in [3.8, 4) is 11.5 Å². The Bertz CT molecular complexity index is 645. The standard InChI is InChI=1S/C20H25NO3/c1-15-12-16(2)14-19(13-15)24-11-10-21-20(22)9-6-17-4-7-18(23-3)8-5-17/h4-5,7-8,12-14H,6,9-11H2,1-3H3,(H,21,22). The smallest absolute Gasteiger partial charge is 0.220 e. The first-order valence-electron chi connectivity index (χ1n) is 8.17. The van der Waals surface area contributed by atoms with Gasteiger partial charge in [-0.3, -0.25) is 4.79 Å². The number of methoxy groups -OCH3 is 1. The van der Waals surface area contributed by atoms with Gasteiger partial charge in [0, 0.05) is 6.42 Å². The van der Waals surface area contributed by atoms with Crippen molar-refractivity contribution in [2.75, 3.05) is 20.3 Å². The lowest BCUT2D eigenvalue weighted by Crippen LogP contribution is -2.28. The summed E-state index contributed by atoms with van der Waals surface area (Å²) < 4.78 is 10.8. The first-order valence-corrected chi connectivity index (χ1v) is 8.17. The van der Waals surface area contributed by atoms with Crippen molar-refractivity contribution in [3.63, 3.8) is 0 Å². The molecule has 2 aromatic rings. The summed E-state index contributed by atoms with van der Waals surface area (Å²) in [7, 11) is 1.64. The van der Waals surface area contributed by atoms with E-state index in [1.54, 1.807) is 7.11 Å². The van der Waals surface area contributed by atoms with Crippen molar-refractivity contribution in [1.29, 1.82) is 0 Å². The van der Waals surface area contributed by atoms with Crippen molar-refractivity contribution < 1.29 is 14.3 Å². The second kappa shape index (κ2) is 8.96. The molecule has 1 N–H and O–H groups in total. The first-order chi connectivity index (χ1) is 11.6. The molecule has 0 aliphatic heterocycles. The molecule has 1 amide bonds. The number of nitrogens with one attached hydrogen (secondary N) is 1. The highest BCUT2D eigenvalue weighted by Gasteiger charge is 2.03. The Hall–Kier alpha value is -2.49. The van der Waals surface area contributed by atoms with Crippen molar-refractivity contribution in [2.24, 2.45) is 0 Å². The third kappa shape index (κ3) is 5.95. The second-order valence-corrected chi connectivity index (χ2v) is 5.87. The molecule has 128 valence electrons. The van der Waals surface area contributed by atoms with E-state index in [1.165, 1.54) is 11.1 Å². The minimum atomic E-state index is 0.0369. The predicted molar refractivity (Wildman–Crippen MR) is 95.7 cm³/mol. The Morgan fingerprint density at radius 3 is 2.29 bits per heavy atom. The Morgan fingerprint density at radius 1 is 1.00 bits per heavy atom. The molecule has 2 rings (SSSR count). The van der Waals surface area contributed by atoms with Gasteiger partial charge in [0.05, 0.1) is 13.7 Å². The molecule has 0 atom stereocenters. The second-order valence-electron chi connectivity index (χ2n) is 5.87. The molecule has 0 unspecified atom stereocenters. The molecule has 0 spiro atoms. The highest BCUT2D eigenvalue weighted by atomic mass is 16.5. The zero-order valence-corrected chi connectivity index (χ0v) is 14.6. The molecular weight excluding hydrogens is 302 g/mol. The van der Waals surface area contributed by atoms with Gasteiger partial charge in [-0.05, 0) is 61.2 Å². The molecule has 0 bridgehead atoms. The Kier molecular flexibility index (Phi) is 6.67. The third-order valence-electron chi connectivity index (χ3n) is 3.69. The SMILES string of the molecule is COc1ccc(CCC(=O)NCCOc2cc(C)cc(C)c2)cc1. The fourth-order valence-corrected chi connectivity index (χ4v) is 2.51. The summed E-state index contributed by atoms with van der Waals surface area (Å²) in [6.07, 6.45) is 1.18. The number of aryl methyl sites for hydroxylation is 3. The lowest BCUT2D eigenvalue weighted by atomic mass is 10.1. The average molecular weight is 327 g/mol. The molecule has 2 aromatic carbocycles. The van der Waals surface area contributed by atoms with E-state index in [4.69, 9.17) is 9.47 Å². The molecule has 4 heteroatoms. The van der Waals surface area contributed by atoms with Crippen LogP contribution in [0.1, 0.15) is 23.1 Å². The van der Waals surface area contributed by atoms with Crippen LogP contribution >= 0.6 is 0 Å². The number of hydrogen-bond donors (Lipinski definition) is 1. The van der Waals surface area contributed by atoms with E-state index in [1.807, 2.05) is 50.2 Å². The molecule has 0 aromatic heterocycles. The quantitative estimate of drug-likeness (QED) is 0.756. The van der Waals surface area contributed by atoms with Crippen LogP contribution in [0.4, 0.5) is 0 Å². The van der Waals surface area contributed by atoms with Crippen molar-refractivity contribution in [1.82, 2.24) is 5.32 Å². The molecule has 0 fully saturated rings. The molecule has 0 heterocycles. The van der Waals surface area contributed by atoms with Crippen LogP contribution in [0.15, 0.2) is 42.5 Å².